The molecule has 8 heteroatoms. The molecule has 7 nitrogen and oxygen atoms in total. The quantitative estimate of drug-likeness (QED) is 0.783. The number of benzene rings is 2. The van der Waals surface area contributed by atoms with Gasteiger partial charge in [-0.1, -0.05) is 0 Å². The molecule has 0 radical (unpaired) electrons. The summed E-state index contributed by atoms with van der Waals surface area (Å²) in [4.78, 5) is 17.1. The van der Waals surface area contributed by atoms with Crippen LogP contribution in [0.15, 0.2) is 36.4 Å². The van der Waals surface area contributed by atoms with Gasteiger partial charge in [-0.15, -0.1) is 0 Å². The first-order valence-electron chi connectivity index (χ1n) is 10.0. The summed E-state index contributed by atoms with van der Waals surface area (Å²) in [6, 6.07) is 9.69. The smallest absolute Gasteiger partial charge is 0.241 e. The van der Waals surface area contributed by atoms with Gasteiger partial charge in [0.05, 0.1) is 13.2 Å². The summed E-state index contributed by atoms with van der Waals surface area (Å²) in [6.07, 6.45) is 0. The van der Waals surface area contributed by atoms with Crippen LogP contribution in [0.2, 0.25) is 0 Å². The molecule has 1 fully saturated rings. The molecule has 0 saturated carbocycles. The zero-order chi connectivity index (χ0) is 21.1. The first kappa shape index (κ1) is 20.4. The first-order chi connectivity index (χ1) is 14.5. The summed E-state index contributed by atoms with van der Waals surface area (Å²) in [6.45, 7) is 5.83. The highest BCUT2D eigenvalue weighted by atomic mass is 19.1. The summed E-state index contributed by atoms with van der Waals surface area (Å²) in [5.74, 6) is 1.69. The van der Waals surface area contributed by atoms with E-state index in [0.29, 0.717) is 29.5 Å². The van der Waals surface area contributed by atoms with Crippen molar-refractivity contribution in [2.75, 3.05) is 45.4 Å². The number of fused-ring (bicyclic) bond motifs is 1. The van der Waals surface area contributed by atoms with E-state index in [2.05, 4.69) is 15.1 Å². The van der Waals surface area contributed by atoms with Crippen molar-refractivity contribution in [3.63, 3.8) is 0 Å². The summed E-state index contributed by atoms with van der Waals surface area (Å²) in [7, 11) is 1.59. The van der Waals surface area contributed by atoms with Crippen molar-refractivity contribution < 1.29 is 23.4 Å². The number of ether oxygens (including phenoxy) is 3. The lowest BCUT2D eigenvalue weighted by Crippen LogP contribution is -2.52. The van der Waals surface area contributed by atoms with Crippen LogP contribution in [0.4, 0.5) is 10.1 Å². The minimum atomic E-state index is -0.266. The average molecular weight is 415 g/mol. The highest BCUT2D eigenvalue weighted by Gasteiger charge is 2.26. The Kier molecular flexibility index (Phi) is 6.06. The fourth-order valence-corrected chi connectivity index (χ4v) is 3.81. The molecule has 1 atom stereocenters. The molecule has 0 aromatic heterocycles. The highest BCUT2D eigenvalue weighted by molar-refractivity contribution is 5.94. The molecule has 1 unspecified atom stereocenters. The summed E-state index contributed by atoms with van der Waals surface area (Å²) < 4.78 is 29.6. The predicted octanol–water partition coefficient (Wildman–Crippen LogP) is 2.71. The van der Waals surface area contributed by atoms with Crippen molar-refractivity contribution in [1.82, 2.24) is 9.80 Å². The van der Waals surface area contributed by atoms with Gasteiger partial charge < -0.3 is 19.5 Å². The van der Waals surface area contributed by atoms with Crippen LogP contribution in [-0.4, -0.2) is 61.8 Å². The minimum absolute atomic E-state index is 0.0610. The third-order valence-electron chi connectivity index (χ3n) is 5.61. The van der Waals surface area contributed by atoms with Crippen LogP contribution in [0.3, 0.4) is 0 Å². The Morgan fingerprint density at radius 1 is 1.13 bits per heavy atom. The number of nitrogens with one attached hydrogen (secondary N) is 1. The predicted molar refractivity (Wildman–Crippen MR) is 110 cm³/mol. The Bertz CT molecular complexity index is 915. The van der Waals surface area contributed by atoms with E-state index >= 15 is 0 Å². The van der Waals surface area contributed by atoms with Gasteiger partial charge >= 0.3 is 0 Å². The molecule has 2 aliphatic rings. The van der Waals surface area contributed by atoms with Crippen LogP contribution in [-0.2, 0) is 11.3 Å². The van der Waals surface area contributed by atoms with Crippen molar-refractivity contribution >= 4 is 11.6 Å². The Labute approximate surface area is 175 Å². The number of nitrogens with zero attached hydrogens (tertiary/aromatic N) is 2. The van der Waals surface area contributed by atoms with Gasteiger partial charge in [-0.05, 0) is 37.3 Å². The maximum atomic E-state index is 13.6. The topological polar surface area (TPSA) is 63.3 Å². The fraction of sp³-hybridized carbons (Fsp3) is 0.409. The number of amides is 1. The molecule has 160 valence electrons. The molecule has 2 aromatic carbocycles. The van der Waals surface area contributed by atoms with Gasteiger partial charge in [0.1, 0.15) is 11.6 Å². The number of rotatable bonds is 6. The number of hydrogen-bond acceptors (Lipinski definition) is 6. The molecule has 0 aliphatic carbocycles. The van der Waals surface area contributed by atoms with Crippen molar-refractivity contribution in [1.29, 1.82) is 0 Å². The van der Waals surface area contributed by atoms with E-state index in [1.165, 1.54) is 12.1 Å². The SMILES string of the molecule is COc1ccc(F)cc1CN1CCN(C(C)C(=O)Nc2ccc3c(c2)OCO3)CC1. The van der Waals surface area contributed by atoms with E-state index in [4.69, 9.17) is 14.2 Å². The van der Waals surface area contributed by atoms with Crippen LogP contribution in [0.5, 0.6) is 17.2 Å². The molecule has 2 heterocycles. The Hall–Kier alpha value is -2.84. The summed E-state index contributed by atoms with van der Waals surface area (Å²) in [5, 5.41) is 2.95. The molecule has 1 amide bonds. The zero-order valence-corrected chi connectivity index (χ0v) is 17.2. The average Bonchev–Trinajstić information content (AvgIpc) is 3.22. The lowest BCUT2D eigenvalue weighted by Gasteiger charge is -2.37. The molecule has 30 heavy (non-hydrogen) atoms. The van der Waals surface area contributed by atoms with E-state index in [-0.39, 0.29) is 24.6 Å². The number of halogens is 1. The van der Waals surface area contributed by atoms with Crippen molar-refractivity contribution in [2.45, 2.75) is 19.5 Å². The van der Waals surface area contributed by atoms with Gasteiger partial charge in [0.25, 0.3) is 0 Å². The number of carbonyl (C=O) groups excluding carboxylic acids is 1. The lowest BCUT2D eigenvalue weighted by molar-refractivity contribution is -0.121. The number of piperazine rings is 1. The normalized spacial score (nSPS) is 17.6. The standard InChI is InChI=1S/C22H26FN3O4/c1-15(22(27)24-18-4-6-20-21(12-18)30-14-29-20)26-9-7-25(8-10-26)13-16-11-17(23)3-5-19(16)28-2/h3-6,11-12,15H,7-10,13-14H2,1-2H3,(H,24,27). The molecule has 0 bridgehead atoms. The van der Waals surface area contributed by atoms with Gasteiger partial charge in [0.15, 0.2) is 11.5 Å². The van der Waals surface area contributed by atoms with Crippen molar-refractivity contribution in [3.05, 3.63) is 47.8 Å². The van der Waals surface area contributed by atoms with Gasteiger partial charge in [0, 0.05) is 50.0 Å². The molecule has 4 rings (SSSR count). The molecule has 2 aliphatic heterocycles. The molecular weight excluding hydrogens is 389 g/mol. The Morgan fingerprint density at radius 2 is 1.90 bits per heavy atom. The van der Waals surface area contributed by atoms with Crippen LogP contribution in [0.1, 0.15) is 12.5 Å². The largest absolute Gasteiger partial charge is 0.496 e. The second-order valence-corrected chi connectivity index (χ2v) is 7.50. The van der Waals surface area contributed by atoms with Crippen molar-refractivity contribution in [2.24, 2.45) is 0 Å². The van der Waals surface area contributed by atoms with Crippen LogP contribution < -0.4 is 19.5 Å². The van der Waals surface area contributed by atoms with Gasteiger partial charge in [-0.25, -0.2) is 4.39 Å². The first-order valence-corrected chi connectivity index (χ1v) is 10.0. The number of carbonyl (C=O) groups is 1. The van der Waals surface area contributed by atoms with E-state index in [0.717, 1.165) is 31.7 Å². The number of methoxy groups -OCH3 is 1. The fourth-order valence-electron chi connectivity index (χ4n) is 3.81. The van der Waals surface area contributed by atoms with Crippen LogP contribution in [0, 0.1) is 5.82 Å². The monoisotopic (exact) mass is 415 g/mol. The van der Waals surface area contributed by atoms with Crippen molar-refractivity contribution in [3.8, 4) is 17.2 Å². The third-order valence-corrected chi connectivity index (χ3v) is 5.61. The van der Waals surface area contributed by atoms with Gasteiger partial charge in [-0.3, -0.25) is 14.6 Å². The maximum absolute atomic E-state index is 13.6. The number of hydrogen-bond donors (Lipinski definition) is 1. The highest BCUT2D eigenvalue weighted by Crippen LogP contribution is 2.34. The summed E-state index contributed by atoms with van der Waals surface area (Å²) >= 11 is 0. The van der Waals surface area contributed by atoms with Gasteiger partial charge in [-0.2, -0.15) is 0 Å². The van der Waals surface area contributed by atoms with E-state index in [1.54, 1.807) is 25.3 Å². The second kappa shape index (κ2) is 8.89. The van der Waals surface area contributed by atoms with Crippen LogP contribution in [0.25, 0.3) is 0 Å². The third kappa shape index (κ3) is 4.49. The zero-order valence-electron chi connectivity index (χ0n) is 17.2. The molecule has 1 N–H and O–H groups in total. The second-order valence-electron chi connectivity index (χ2n) is 7.50. The van der Waals surface area contributed by atoms with Crippen LogP contribution >= 0.6 is 0 Å². The number of anilines is 1. The molecular formula is C22H26FN3O4. The van der Waals surface area contributed by atoms with E-state index in [9.17, 15) is 9.18 Å². The Morgan fingerprint density at radius 3 is 2.67 bits per heavy atom. The lowest BCUT2D eigenvalue weighted by atomic mass is 10.1. The van der Waals surface area contributed by atoms with E-state index < -0.39 is 0 Å². The molecule has 1 saturated heterocycles. The molecule has 2 aromatic rings. The van der Waals surface area contributed by atoms with E-state index in [1.807, 2.05) is 13.0 Å². The minimum Gasteiger partial charge on any atom is -0.496 e. The molecule has 0 spiro atoms. The summed E-state index contributed by atoms with van der Waals surface area (Å²) in [5.41, 5.74) is 1.52. The Balaban J connectivity index is 1.30. The van der Waals surface area contributed by atoms with Gasteiger partial charge in [0.2, 0.25) is 12.7 Å². The maximum Gasteiger partial charge on any atom is 0.241 e.